The van der Waals surface area contributed by atoms with Crippen LogP contribution in [-0.2, 0) is 6.42 Å². The number of carbonyl (C=O) groups is 1. The van der Waals surface area contributed by atoms with Crippen molar-refractivity contribution in [2.45, 2.75) is 13.3 Å². The highest BCUT2D eigenvalue weighted by Gasteiger charge is 2.09. The minimum Gasteiger partial charge on any atom is -0.477 e. The van der Waals surface area contributed by atoms with Crippen molar-refractivity contribution in [3.05, 3.63) is 35.0 Å². The van der Waals surface area contributed by atoms with Gasteiger partial charge in [-0.3, -0.25) is 0 Å². The van der Waals surface area contributed by atoms with E-state index in [0.717, 1.165) is 22.6 Å². The van der Waals surface area contributed by atoms with Gasteiger partial charge in [0.05, 0.1) is 11.9 Å². The summed E-state index contributed by atoms with van der Waals surface area (Å²) in [4.78, 5) is 12.0. The number of aromatic carboxylic acids is 1. The van der Waals surface area contributed by atoms with Gasteiger partial charge < -0.3 is 5.11 Å². The maximum atomic E-state index is 10.8. The lowest BCUT2D eigenvalue weighted by Crippen LogP contribution is -1.90. The first-order chi connectivity index (χ1) is 7.70. The molecule has 0 aliphatic heterocycles. The number of aromatic nitrogens is 2. The summed E-state index contributed by atoms with van der Waals surface area (Å²) in [7, 11) is 0. The molecule has 17 heavy (non-hydrogen) atoms. The number of hydrogen-bond acceptors (Lipinski definition) is 4. The summed E-state index contributed by atoms with van der Waals surface area (Å²) in [5.74, 6) is -0.894. The van der Waals surface area contributed by atoms with E-state index in [9.17, 15) is 4.79 Å². The summed E-state index contributed by atoms with van der Waals surface area (Å²) < 4.78 is 0. The third-order valence-corrected chi connectivity index (χ3v) is 3.29. The molecule has 2 aromatic heterocycles. The van der Waals surface area contributed by atoms with Gasteiger partial charge in [-0.1, -0.05) is 6.92 Å². The number of aryl methyl sites for hydroxylation is 1. The fourth-order valence-electron chi connectivity index (χ4n) is 1.33. The summed E-state index contributed by atoms with van der Waals surface area (Å²) >= 11 is 1.25. The zero-order chi connectivity index (χ0) is 11.5. The molecular formula is C11H11ClN2O2S. The Balaban J connectivity index is 0.00000144. The summed E-state index contributed by atoms with van der Waals surface area (Å²) in [6, 6.07) is 5.34. The molecule has 6 heteroatoms. The van der Waals surface area contributed by atoms with Crippen molar-refractivity contribution in [1.82, 2.24) is 10.2 Å². The Morgan fingerprint density at radius 3 is 2.82 bits per heavy atom. The van der Waals surface area contributed by atoms with Crippen LogP contribution in [0.2, 0.25) is 0 Å². The van der Waals surface area contributed by atoms with Crippen LogP contribution in [0.1, 0.15) is 22.3 Å². The zero-order valence-corrected chi connectivity index (χ0v) is 10.7. The van der Waals surface area contributed by atoms with Crippen LogP contribution in [0.5, 0.6) is 0 Å². The van der Waals surface area contributed by atoms with Crippen LogP contribution in [0.3, 0.4) is 0 Å². The molecule has 0 radical (unpaired) electrons. The monoisotopic (exact) mass is 270 g/mol. The number of carboxylic acid groups (broad SMARTS) is 1. The first kappa shape index (κ1) is 13.6. The lowest BCUT2D eigenvalue weighted by Gasteiger charge is -1.98. The number of hydrogen-bond donors (Lipinski definition) is 1. The molecule has 0 atom stereocenters. The van der Waals surface area contributed by atoms with Crippen LogP contribution < -0.4 is 0 Å². The van der Waals surface area contributed by atoms with Crippen LogP contribution in [0.15, 0.2) is 24.4 Å². The summed E-state index contributed by atoms with van der Waals surface area (Å²) in [6.07, 6.45) is 2.47. The lowest BCUT2D eigenvalue weighted by molar-refractivity contribution is 0.0702. The Hall–Kier alpha value is -1.46. The number of halogens is 1. The third kappa shape index (κ3) is 3.01. The Morgan fingerprint density at radius 2 is 2.24 bits per heavy atom. The highest BCUT2D eigenvalue weighted by molar-refractivity contribution is 7.17. The highest BCUT2D eigenvalue weighted by Crippen LogP contribution is 2.27. The van der Waals surface area contributed by atoms with Gasteiger partial charge in [-0.25, -0.2) is 4.79 Å². The first-order valence-electron chi connectivity index (χ1n) is 4.86. The molecule has 4 nitrogen and oxygen atoms in total. The Kier molecular flexibility index (Phi) is 4.60. The molecule has 1 N–H and O–H groups in total. The standard InChI is InChI=1S/C11H10N2O2S.ClH/c1-2-8-5-7(6-12-13-8)9-3-4-10(16-9)11(14)15;/h3-6H,2H2,1H3,(H,14,15);1H. The third-order valence-electron chi connectivity index (χ3n) is 2.17. The van der Waals surface area contributed by atoms with Crippen molar-refractivity contribution in [1.29, 1.82) is 0 Å². The van der Waals surface area contributed by atoms with Gasteiger partial charge in [-0.2, -0.15) is 10.2 Å². The number of rotatable bonds is 3. The van der Waals surface area contributed by atoms with Crippen molar-refractivity contribution < 1.29 is 9.90 Å². The maximum Gasteiger partial charge on any atom is 0.345 e. The quantitative estimate of drug-likeness (QED) is 0.931. The SMILES string of the molecule is CCc1cc(-c2ccc(C(=O)O)s2)cnn1.Cl. The Labute approximate surface area is 109 Å². The predicted octanol–water partition coefficient (Wildman–Crippen LogP) is 2.89. The maximum absolute atomic E-state index is 10.8. The largest absolute Gasteiger partial charge is 0.477 e. The second kappa shape index (κ2) is 5.75. The minimum atomic E-state index is -0.894. The molecule has 0 aliphatic rings. The number of thiophene rings is 1. The molecule has 0 aliphatic carbocycles. The van der Waals surface area contributed by atoms with E-state index in [1.807, 2.05) is 13.0 Å². The topological polar surface area (TPSA) is 63.1 Å². The summed E-state index contributed by atoms with van der Waals surface area (Å²) in [6.45, 7) is 2.00. The molecule has 0 fully saturated rings. The number of nitrogens with zero attached hydrogens (tertiary/aromatic N) is 2. The number of carboxylic acids is 1. The molecule has 0 aromatic carbocycles. The van der Waals surface area contributed by atoms with Gasteiger partial charge in [0.2, 0.25) is 0 Å². The average Bonchev–Trinajstić information content (AvgIpc) is 2.78. The average molecular weight is 271 g/mol. The fourth-order valence-corrected chi connectivity index (χ4v) is 2.15. The van der Waals surface area contributed by atoms with Gasteiger partial charge in [-0.05, 0) is 24.6 Å². The summed E-state index contributed by atoms with van der Waals surface area (Å²) in [5.41, 5.74) is 1.83. The van der Waals surface area contributed by atoms with E-state index in [4.69, 9.17) is 5.11 Å². The molecule has 0 bridgehead atoms. The zero-order valence-electron chi connectivity index (χ0n) is 9.08. The van der Waals surface area contributed by atoms with Crippen molar-refractivity contribution in [2.24, 2.45) is 0 Å². The van der Waals surface area contributed by atoms with Crippen molar-refractivity contribution in [3.63, 3.8) is 0 Å². The van der Waals surface area contributed by atoms with Crippen LogP contribution >= 0.6 is 23.7 Å². The normalized spacial score (nSPS) is 9.71. The lowest BCUT2D eigenvalue weighted by atomic mass is 10.2. The highest BCUT2D eigenvalue weighted by atomic mass is 35.5. The van der Waals surface area contributed by atoms with E-state index in [0.29, 0.717) is 4.88 Å². The van der Waals surface area contributed by atoms with Crippen LogP contribution in [0.4, 0.5) is 0 Å². The van der Waals surface area contributed by atoms with E-state index < -0.39 is 5.97 Å². The fraction of sp³-hybridized carbons (Fsp3) is 0.182. The molecule has 0 saturated heterocycles. The summed E-state index contributed by atoms with van der Waals surface area (Å²) in [5, 5.41) is 16.7. The smallest absolute Gasteiger partial charge is 0.345 e. The van der Waals surface area contributed by atoms with E-state index in [-0.39, 0.29) is 12.4 Å². The van der Waals surface area contributed by atoms with Crippen molar-refractivity contribution in [3.8, 4) is 10.4 Å². The van der Waals surface area contributed by atoms with Crippen LogP contribution in [-0.4, -0.2) is 21.3 Å². The second-order valence-electron chi connectivity index (χ2n) is 3.26. The molecule has 2 heterocycles. The van der Waals surface area contributed by atoms with Crippen LogP contribution in [0, 0.1) is 0 Å². The molecule has 2 rings (SSSR count). The molecule has 0 spiro atoms. The van der Waals surface area contributed by atoms with Gasteiger partial charge in [-0.15, -0.1) is 23.7 Å². The van der Waals surface area contributed by atoms with Crippen LogP contribution in [0.25, 0.3) is 10.4 Å². The van der Waals surface area contributed by atoms with E-state index >= 15 is 0 Å². The van der Waals surface area contributed by atoms with E-state index in [2.05, 4.69) is 10.2 Å². The molecule has 0 saturated carbocycles. The Morgan fingerprint density at radius 1 is 1.47 bits per heavy atom. The van der Waals surface area contributed by atoms with Gasteiger partial charge >= 0.3 is 5.97 Å². The van der Waals surface area contributed by atoms with Gasteiger partial charge in [0.1, 0.15) is 4.88 Å². The second-order valence-corrected chi connectivity index (χ2v) is 4.34. The Bertz CT molecular complexity index is 528. The van der Waals surface area contributed by atoms with Crippen molar-refractivity contribution in [2.75, 3.05) is 0 Å². The minimum absolute atomic E-state index is 0. The molecule has 2 aromatic rings. The molecule has 0 amide bonds. The van der Waals surface area contributed by atoms with E-state index in [1.165, 1.54) is 11.3 Å². The molecular weight excluding hydrogens is 260 g/mol. The van der Waals surface area contributed by atoms with E-state index in [1.54, 1.807) is 18.3 Å². The van der Waals surface area contributed by atoms with Crippen molar-refractivity contribution >= 4 is 29.7 Å². The molecule has 0 unspecified atom stereocenters. The predicted molar refractivity (Wildman–Crippen MR) is 68.9 cm³/mol. The first-order valence-corrected chi connectivity index (χ1v) is 5.67. The van der Waals surface area contributed by atoms with Gasteiger partial charge in [0.15, 0.2) is 0 Å². The van der Waals surface area contributed by atoms with Gasteiger partial charge in [0.25, 0.3) is 0 Å². The van der Waals surface area contributed by atoms with Gasteiger partial charge in [0, 0.05) is 10.4 Å². The molecule has 90 valence electrons.